The van der Waals surface area contributed by atoms with E-state index in [2.05, 4.69) is 10.3 Å². The molecule has 1 aliphatic rings. The standard InChI is InChI=1S/C14H16F3N3O/c1-20-12-3-2-9(14(15,16)17)6-11(12)19-13(20)7-10-8-21-5-4-18-10/h2-3,6,10,18H,4-5,7-8H2,1H3. The van der Waals surface area contributed by atoms with Crippen LogP contribution < -0.4 is 5.32 Å². The van der Waals surface area contributed by atoms with Gasteiger partial charge in [0, 0.05) is 26.1 Å². The molecule has 1 N–H and O–H groups in total. The lowest BCUT2D eigenvalue weighted by atomic mass is 10.2. The van der Waals surface area contributed by atoms with Gasteiger partial charge < -0.3 is 14.6 Å². The van der Waals surface area contributed by atoms with Crippen molar-refractivity contribution < 1.29 is 17.9 Å². The van der Waals surface area contributed by atoms with E-state index in [-0.39, 0.29) is 6.04 Å². The predicted molar refractivity (Wildman–Crippen MR) is 72.0 cm³/mol. The summed E-state index contributed by atoms with van der Waals surface area (Å²) < 4.78 is 45.4. The van der Waals surface area contributed by atoms with Crippen LogP contribution in [0.15, 0.2) is 18.2 Å². The molecule has 7 heteroatoms. The van der Waals surface area contributed by atoms with Crippen molar-refractivity contribution in [2.24, 2.45) is 7.05 Å². The molecule has 1 unspecified atom stereocenters. The first-order chi connectivity index (χ1) is 9.95. The lowest BCUT2D eigenvalue weighted by Crippen LogP contribution is -2.42. The fraction of sp³-hybridized carbons (Fsp3) is 0.500. The average Bonchev–Trinajstić information content (AvgIpc) is 2.75. The molecule has 1 atom stereocenters. The molecule has 2 heterocycles. The molecule has 2 aromatic rings. The second kappa shape index (κ2) is 5.31. The van der Waals surface area contributed by atoms with E-state index in [1.165, 1.54) is 6.07 Å². The van der Waals surface area contributed by atoms with Crippen molar-refractivity contribution in [2.75, 3.05) is 19.8 Å². The van der Waals surface area contributed by atoms with Crippen molar-refractivity contribution in [3.63, 3.8) is 0 Å². The summed E-state index contributed by atoms with van der Waals surface area (Å²) in [5, 5.41) is 3.32. The molecule has 0 radical (unpaired) electrons. The van der Waals surface area contributed by atoms with E-state index in [0.29, 0.717) is 30.7 Å². The molecule has 0 bridgehead atoms. The monoisotopic (exact) mass is 299 g/mol. The predicted octanol–water partition coefficient (Wildman–Crippen LogP) is 2.12. The maximum Gasteiger partial charge on any atom is 0.416 e. The number of hydrogen-bond donors (Lipinski definition) is 1. The van der Waals surface area contributed by atoms with Crippen LogP contribution in [-0.2, 0) is 24.4 Å². The van der Waals surface area contributed by atoms with Crippen LogP contribution in [0.4, 0.5) is 13.2 Å². The summed E-state index contributed by atoms with van der Waals surface area (Å²) >= 11 is 0. The zero-order valence-corrected chi connectivity index (χ0v) is 11.6. The quantitative estimate of drug-likeness (QED) is 0.923. The van der Waals surface area contributed by atoms with Crippen LogP contribution in [0.2, 0.25) is 0 Å². The van der Waals surface area contributed by atoms with Gasteiger partial charge in [-0.1, -0.05) is 0 Å². The van der Waals surface area contributed by atoms with Crippen LogP contribution in [-0.4, -0.2) is 35.4 Å². The van der Waals surface area contributed by atoms with Crippen LogP contribution in [0.1, 0.15) is 11.4 Å². The van der Waals surface area contributed by atoms with Gasteiger partial charge in [0.15, 0.2) is 0 Å². The minimum atomic E-state index is -4.34. The van der Waals surface area contributed by atoms with Gasteiger partial charge in [0.2, 0.25) is 0 Å². The Balaban J connectivity index is 1.91. The second-order valence-electron chi connectivity index (χ2n) is 5.22. The van der Waals surface area contributed by atoms with Gasteiger partial charge in [-0.15, -0.1) is 0 Å². The number of morpholine rings is 1. The normalized spacial score (nSPS) is 20.1. The van der Waals surface area contributed by atoms with Crippen molar-refractivity contribution >= 4 is 11.0 Å². The zero-order valence-electron chi connectivity index (χ0n) is 11.6. The number of nitrogens with one attached hydrogen (secondary N) is 1. The molecule has 1 aliphatic heterocycles. The first-order valence-electron chi connectivity index (χ1n) is 6.79. The van der Waals surface area contributed by atoms with Crippen molar-refractivity contribution in [1.82, 2.24) is 14.9 Å². The number of fused-ring (bicyclic) bond motifs is 1. The number of hydrogen-bond acceptors (Lipinski definition) is 3. The average molecular weight is 299 g/mol. The summed E-state index contributed by atoms with van der Waals surface area (Å²) in [5.41, 5.74) is 0.410. The third-order valence-corrected chi connectivity index (χ3v) is 3.73. The van der Waals surface area contributed by atoms with Crippen LogP contribution in [0.5, 0.6) is 0 Å². The fourth-order valence-corrected chi connectivity index (χ4v) is 2.58. The van der Waals surface area contributed by atoms with E-state index in [0.717, 1.165) is 24.5 Å². The fourth-order valence-electron chi connectivity index (χ4n) is 2.58. The molecule has 4 nitrogen and oxygen atoms in total. The Kier molecular flexibility index (Phi) is 3.62. The van der Waals surface area contributed by atoms with E-state index in [1.807, 2.05) is 11.6 Å². The molecular weight excluding hydrogens is 283 g/mol. The maximum absolute atomic E-state index is 12.7. The Hall–Kier alpha value is -1.60. The lowest BCUT2D eigenvalue weighted by molar-refractivity contribution is -0.137. The van der Waals surface area contributed by atoms with Gasteiger partial charge in [-0.2, -0.15) is 13.2 Å². The van der Waals surface area contributed by atoms with Crippen molar-refractivity contribution in [1.29, 1.82) is 0 Å². The molecule has 1 aromatic heterocycles. The molecule has 0 aliphatic carbocycles. The highest BCUT2D eigenvalue weighted by molar-refractivity contribution is 5.77. The number of nitrogens with zero attached hydrogens (tertiary/aromatic N) is 2. The third kappa shape index (κ3) is 2.89. The first-order valence-corrected chi connectivity index (χ1v) is 6.79. The molecule has 114 valence electrons. The molecule has 3 rings (SSSR count). The Morgan fingerprint density at radius 2 is 2.24 bits per heavy atom. The van der Waals surface area contributed by atoms with Crippen LogP contribution in [0.3, 0.4) is 0 Å². The maximum atomic E-state index is 12.7. The Labute approximate surface area is 119 Å². The highest BCUT2D eigenvalue weighted by atomic mass is 19.4. The summed E-state index contributed by atoms with van der Waals surface area (Å²) in [7, 11) is 1.82. The molecule has 1 fully saturated rings. The van der Waals surface area contributed by atoms with Gasteiger partial charge in [0.25, 0.3) is 0 Å². The summed E-state index contributed by atoms with van der Waals surface area (Å²) in [4.78, 5) is 4.35. The minimum absolute atomic E-state index is 0.149. The Morgan fingerprint density at radius 3 is 2.90 bits per heavy atom. The van der Waals surface area contributed by atoms with E-state index < -0.39 is 11.7 Å². The number of halogens is 3. The van der Waals surface area contributed by atoms with Crippen molar-refractivity contribution in [3.8, 4) is 0 Å². The zero-order chi connectivity index (χ0) is 15.0. The topological polar surface area (TPSA) is 39.1 Å². The molecule has 1 aromatic carbocycles. The van der Waals surface area contributed by atoms with Gasteiger partial charge in [0.05, 0.1) is 29.8 Å². The summed E-state index contributed by atoms with van der Waals surface area (Å²) in [5.74, 6) is 0.757. The molecule has 21 heavy (non-hydrogen) atoms. The van der Waals surface area contributed by atoms with Gasteiger partial charge in [-0.25, -0.2) is 4.98 Å². The van der Waals surface area contributed by atoms with Gasteiger partial charge >= 0.3 is 6.18 Å². The summed E-state index contributed by atoms with van der Waals surface area (Å²) in [6.45, 7) is 2.07. The molecule has 0 spiro atoms. The van der Waals surface area contributed by atoms with E-state index >= 15 is 0 Å². The minimum Gasteiger partial charge on any atom is -0.379 e. The Bertz CT molecular complexity index is 645. The Morgan fingerprint density at radius 1 is 1.43 bits per heavy atom. The molecule has 0 saturated carbocycles. The number of rotatable bonds is 2. The smallest absolute Gasteiger partial charge is 0.379 e. The van der Waals surface area contributed by atoms with Gasteiger partial charge in [0.1, 0.15) is 5.82 Å². The van der Waals surface area contributed by atoms with E-state index in [4.69, 9.17) is 4.74 Å². The first kappa shape index (κ1) is 14.3. The summed E-state index contributed by atoms with van der Waals surface area (Å²) in [6, 6.07) is 3.81. The van der Waals surface area contributed by atoms with Crippen LogP contribution in [0.25, 0.3) is 11.0 Å². The van der Waals surface area contributed by atoms with E-state index in [9.17, 15) is 13.2 Å². The van der Waals surface area contributed by atoms with Crippen LogP contribution in [0, 0.1) is 0 Å². The number of ether oxygens (including phenoxy) is 1. The number of aromatic nitrogens is 2. The third-order valence-electron chi connectivity index (χ3n) is 3.73. The lowest BCUT2D eigenvalue weighted by Gasteiger charge is -2.23. The number of aryl methyl sites for hydroxylation is 1. The highest BCUT2D eigenvalue weighted by Gasteiger charge is 2.31. The largest absolute Gasteiger partial charge is 0.416 e. The number of benzene rings is 1. The molecule has 1 saturated heterocycles. The van der Waals surface area contributed by atoms with Crippen LogP contribution >= 0.6 is 0 Å². The number of imidazole rings is 1. The van der Waals surface area contributed by atoms with Crippen molar-refractivity contribution in [3.05, 3.63) is 29.6 Å². The highest BCUT2D eigenvalue weighted by Crippen LogP contribution is 2.31. The number of alkyl halides is 3. The SMILES string of the molecule is Cn1c(CC2COCCN2)nc2cc(C(F)(F)F)ccc21. The van der Waals surface area contributed by atoms with Crippen molar-refractivity contribution in [2.45, 2.75) is 18.6 Å². The second-order valence-corrected chi connectivity index (χ2v) is 5.22. The molecule has 0 amide bonds. The summed E-state index contributed by atoms with van der Waals surface area (Å²) in [6.07, 6.45) is -3.71. The van der Waals surface area contributed by atoms with Gasteiger partial charge in [-0.05, 0) is 18.2 Å². The van der Waals surface area contributed by atoms with E-state index in [1.54, 1.807) is 0 Å². The molecular formula is C14H16F3N3O. The van der Waals surface area contributed by atoms with Gasteiger partial charge in [-0.3, -0.25) is 0 Å².